The minimum Gasteiger partial charge on any atom is -0.316 e. The lowest BCUT2D eigenvalue weighted by Gasteiger charge is -2.03. The molecular formula is C15H13ClN4S2. The van der Waals surface area contributed by atoms with Crippen molar-refractivity contribution in [3.8, 4) is 0 Å². The molecule has 1 N–H and O–H groups in total. The van der Waals surface area contributed by atoms with Crippen molar-refractivity contribution in [2.75, 3.05) is 5.32 Å². The molecule has 22 heavy (non-hydrogen) atoms. The van der Waals surface area contributed by atoms with E-state index >= 15 is 0 Å². The number of nitrogens with zero attached hydrogens (tertiary/aromatic N) is 3. The van der Waals surface area contributed by atoms with Crippen LogP contribution >= 0.6 is 35.1 Å². The molecule has 7 heteroatoms. The lowest BCUT2D eigenvalue weighted by atomic mass is 10.2. The number of halogens is 1. The van der Waals surface area contributed by atoms with Gasteiger partial charge < -0.3 is 5.32 Å². The number of rotatable bonds is 2. The molecule has 4 nitrogen and oxygen atoms in total. The Kier molecular flexibility index (Phi) is 3.99. The average molecular weight is 349 g/mol. The number of aromatic nitrogens is 3. The van der Waals surface area contributed by atoms with Crippen molar-refractivity contribution < 1.29 is 0 Å². The predicted octanol–water partition coefficient (Wildman–Crippen LogP) is 5.08. The quantitative estimate of drug-likeness (QED) is 0.548. The molecule has 0 aliphatic heterocycles. The first-order valence-corrected chi connectivity index (χ1v) is 8.19. The fourth-order valence-corrected chi connectivity index (χ4v) is 4.17. The van der Waals surface area contributed by atoms with Gasteiger partial charge in [0.2, 0.25) is 0 Å². The Hall–Kier alpha value is -1.76. The third-order valence-corrected chi connectivity index (χ3v) is 5.55. The normalized spacial score (nSPS) is 10.8. The molecule has 4 aromatic rings. The van der Waals surface area contributed by atoms with Gasteiger partial charge in [-0.15, -0.1) is 23.7 Å². The number of fused-ring (bicyclic) bond motifs is 2. The average Bonchev–Trinajstić information content (AvgIpc) is 3.01. The standard InChI is InChI=1S/C15H12N4S2.ClH/c1-8-9(2)20-14-12(8)13(16-7-17-14)19-15-18-10-5-3-4-6-11(10)21-15;/h3-7H,1-2H3,(H,16,17,18,19);1H. The number of thiophene rings is 1. The summed E-state index contributed by atoms with van der Waals surface area (Å²) in [6.45, 7) is 4.23. The van der Waals surface area contributed by atoms with E-state index in [9.17, 15) is 0 Å². The van der Waals surface area contributed by atoms with Crippen molar-refractivity contribution in [1.82, 2.24) is 15.0 Å². The van der Waals surface area contributed by atoms with Crippen LogP contribution in [0.4, 0.5) is 10.9 Å². The molecule has 0 unspecified atom stereocenters. The number of anilines is 2. The minimum atomic E-state index is 0. The number of aryl methyl sites for hydroxylation is 2. The smallest absolute Gasteiger partial charge is 0.189 e. The van der Waals surface area contributed by atoms with Crippen molar-refractivity contribution in [2.24, 2.45) is 0 Å². The van der Waals surface area contributed by atoms with Crippen LogP contribution in [-0.4, -0.2) is 15.0 Å². The second-order valence-electron chi connectivity index (χ2n) is 4.80. The van der Waals surface area contributed by atoms with Crippen LogP contribution in [0.3, 0.4) is 0 Å². The van der Waals surface area contributed by atoms with Crippen LogP contribution < -0.4 is 5.32 Å². The second-order valence-corrected chi connectivity index (χ2v) is 7.03. The van der Waals surface area contributed by atoms with Gasteiger partial charge >= 0.3 is 0 Å². The Bertz CT molecular complexity index is 928. The first kappa shape index (κ1) is 15.1. The molecule has 4 rings (SSSR count). The van der Waals surface area contributed by atoms with Gasteiger partial charge in [-0.1, -0.05) is 23.5 Å². The molecule has 0 spiro atoms. The van der Waals surface area contributed by atoms with Gasteiger partial charge in [-0.3, -0.25) is 0 Å². The lowest BCUT2D eigenvalue weighted by Crippen LogP contribution is -1.94. The second kappa shape index (κ2) is 5.79. The first-order chi connectivity index (χ1) is 10.2. The topological polar surface area (TPSA) is 50.7 Å². The van der Waals surface area contributed by atoms with E-state index in [4.69, 9.17) is 0 Å². The van der Waals surface area contributed by atoms with Gasteiger partial charge in [0.1, 0.15) is 17.0 Å². The van der Waals surface area contributed by atoms with Gasteiger partial charge in [-0.05, 0) is 31.5 Å². The highest BCUT2D eigenvalue weighted by molar-refractivity contribution is 7.22. The SMILES string of the molecule is Cc1sc2ncnc(Nc3nc4ccccc4s3)c2c1C.Cl. The van der Waals surface area contributed by atoms with E-state index < -0.39 is 0 Å². The van der Waals surface area contributed by atoms with Crippen molar-refractivity contribution in [3.05, 3.63) is 41.0 Å². The summed E-state index contributed by atoms with van der Waals surface area (Å²) in [5.41, 5.74) is 2.24. The molecule has 0 saturated heterocycles. The number of hydrogen-bond acceptors (Lipinski definition) is 6. The number of nitrogens with one attached hydrogen (secondary N) is 1. The number of thiazole rings is 1. The van der Waals surface area contributed by atoms with Crippen LogP contribution in [0.1, 0.15) is 10.4 Å². The van der Waals surface area contributed by atoms with E-state index in [1.165, 1.54) is 15.1 Å². The van der Waals surface area contributed by atoms with Gasteiger partial charge in [0.25, 0.3) is 0 Å². The van der Waals surface area contributed by atoms with Gasteiger partial charge in [-0.2, -0.15) is 0 Å². The summed E-state index contributed by atoms with van der Waals surface area (Å²) in [7, 11) is 0. The van der Waals surface area contributed by atoms with Crippen LogP contribution in [0.15, 0.2) is 30.6 Å². The van der Waals surface area contributed by atoms with E-state index in [0.717, 1.165) is 26.7 Å². The van der Waals surface area contributed by atoms with Crippen molar-refractivity contribution in [2.45, 2.75) is 13.8 Å². The Labute approximate surface area is 141 Å². The van der Waals surface area contributed by atoms with Crippen LogP contribution in [-0.2, 0) is 0 Å². The van der Waals surface area contributed by atoms with Crippen LogP contribution in [0.25, 0.3) is 20.4 Å². The third-order valence-electron chi connectivity index (χ3n) is 3.48. The summed E-state index contributed by atoms with van der Waals surface area (Å²) in [5.74, 6) is 0.834. The van der Waals surface area contributed by atoms with Gasteiger partial charge in [0.05, 0.1) is 15.6 Å². The maximum absolute atomic E-state index is 4.60. The zero-order valence-electron chi connectivity index (χ0n) is 12.0. The highest BCUT2D eigenvalue weighted by Gasteiger charge is 2.13. The minimum absolute atomic E-state index is 0. The Balaban J connectivity index is 0.00000144. The van der Waals surface area contributed by atoms with Crippen molar-refractivity contribution in [1.29, 1.82) is 0 Å². The maximum atomic E-state index is 4.60. The molecule has 0 amide bonds. The van der Waals surface area contributed by atoms with E-state index in [0.29, 0.717) is 0 Å². The summed E-state index contributed by atoms with van der Waals surface area (Å²) >= 11 is 3.33. The molecule has 1 aromatic carbocycles. The Morgan fingerprint density at radius 3 is 2.68 bits per heavy atom. The summed E-state index contributed by atoms with van der Waals surface area (Å²) in [6.07, 6.45) is 1.60. The fourth-order valence-electron chi connectivity index (χ4n) is 2.30. The molecule has 0 atom stereocenters. The number of para-hydroxylation sites is 1. The highest BCUT2D eigenvalue weighted by Crippen LogP contribution is 2.35. The summed E-state index contributed by atoms with van der Waals surface area (Å²) < 4.78 is 1.17. The van der Waals surface area contributed by atoms with E-state index in [-0.39, 0.29) is 12.4 Å². The molecule has 0 aliphatic carbocycles. The van der Waals surface area contributed by atoms with Gasteiger partial charge in [-0.25, -0.2) is 15.0 Å². The summed E-state index contributed by atoms with van der Waals surface area (Å²) in [6, 6.07) is 8.13. The number of benzene rings is 1. The van der Waals surface area contributed by atoms with E-state index in [2.05, 4.69) is 40.2 Å². The van der Waals surface area contributed by atoms with Crippen molar-refractivity contribution in [3.63, 3.8) is 0 Å². The van der Waals surface area contributed by atoms with Crippen molar-refractivity contribution >= 4 is 66.5 Å². The molecule has 0 aliphatic rings. The lowest BCUT2D eigenvalue weighted by molar-refractivity contribution is 1.22. The van der Waals surface area contributed by atoms with E-state index in [1.54, 1.807) is 29.0 Å². The molecule has 0 fully saturated rings. The molecule has 0 radical (unpaired) electrons. The molecule has 0 saturated carbocycles. The van der Waals surface area contributed by atoms with Crippen LogP contribution in [0.2, 0.25) is 0 Å². The molecular weight excluding hydrogens is 336 g/mol. The predicted molar refractivity (Wildman–Crippen MR) is 97.0 cm³/mol. The van der Waals surface area contributed by atoms with Gasteiger partial charge in [0.15, 0.2) is 5.13 Å². The highest BCUT2D eigenvalue weighted by atomic mass is 35.5. The largest absolute Gasteiger partial charge is 0.316 e. The zero-order chi connectivity index (χ0) is 14.4. The molecule has 3 heterocycles. The first-order valence-electron chi connectivity index (χ1n) is 6.55. The molecule has 112 valence electrons. The monoisotopic (exact) mass is 348 g/mol. The summed E-state index contributed by atoms with van der Waals surface area (Å²) in [4.78, 5) is 15.7. The van der Waals surface area contributed by atoms with E-state index in [1.807, 2.05) is 18.2 Å². The summed E-state index contributed by atoms with van der Waals surface area (Å²) in [5, 5.41) is 5.31. The van der Waals surface area contributed by atoms with Gasteiger partial charge in [0, 0.05) is 4.88 Å². The van der Waals surface area contributed by atoms with Crippen LogP contribution in [0, 0.1) is 13.8 Å². The zero-order valence-corrected chi connectivity index (χ0v) is 14.4. The Morgan fingerprint density at radius 1 is 1.05 bits per heavy atom. The Morgan fingerprint density at radius 2 is 1.86 bits per heavy atom. The maximum Gasteiger partial charge on any atom is 0.189 e. The van der Waals surface area contributed by atoms with Crippen LogP contribution in [0.5, 0.6) is 0 Å². The third kappa shape index (κ3) is 2.43. The molecule has 0 bridgehead atoms. The number of hydrogen-bond donors (Lipinski definition) is 1. The fraction of sp³-hybridized carbons (Fsp3) is 0.133. The molecule has 3 aromatic heterocycles.